The second-order valence-electron chi connectivity index (χ2n) is 11.0. The van der Waals surface area contributed by atoms with Gasteiger partial charge in [0.25, 0.3) is 5.91 Å². The number of amides is 4. The van der Waals surface area contributed by atoms with Crippen molar-refractivity contribution in [1.29, 1.82) is 0 Å². The molecule has 0 aromatic heterocycles. The van der Waals surface area contributed by atoms with Crippen LogP contribution in [0.5, 0.6) is 0 Å². The number of hydrogen-bond donors (Lipinski definition) is 2. The molecule has 1 saturated carbocycles. The summed E-state index contributed by atoms with van der Waals surface area (Å²) in [5, 5.41) is 5.78. The highest BCUT2D eigenvalue weighted by Gasteiger charge is 2.53. The molecule has 2 heterocycles. The first-order chi connectivity index (χ1) is 15.1. The molecule has 3 fully saturated rings. The van der Waals surface area contributed by atoms with E-state index in [0.717, 1.165) is 43.8 Å². The van der Waals surface area contributed by atoms with Crippen molar-refractivity contribution in [3.63, 3.8) is 0 Å². The number of nitrogens with zero attached hydrogens (tertiary/aromatic N) is 2. The number of imide groups is 1. The lowest BCUT2D eigenvalue weighted by Crippen LogP contribution is -2.51. The standard InChI is InChI=1S/C24H42N4O4/c1-6-23(4,5)18-7-9-24(10-8-18)21(30)28(22(31)26-24)16-20(29)25-13-19-15-27(11-12-32-19)14-17(2)3/h17-19H,6-16H2,1-5H3,(H,25,29)(H,26,31). The van der Waals surface area contributed by atoms with E-state index >= 15 is 0 Å². The van der Waals surface area contributed by atoms with Gasteiger partial charge in [0.2, 0.25) is 5.91 Å². The molecule has 32 heavy (non-hydrogen) atoms. The summed E-state index contributed by atoms with van der Waals surface area (Å²) in [6, 6.07) is -0.449. The lowest BCUT2D eigenvalue weighted by atomic mass is 9.65. The number of hydrogen-bond acceptors (Lipinski definition) is 5. The van der Waals surface area contributed by atoms with Gasteiger partial charge in [-0.15, -0.1) is 0 Å². The van der Waals surface area contributed by atoms with Gasteiger partial charge in [-0.2, -0.15) is 0 Å². The highest BCUT2D eigenvalue weighted by molar-refractivity contribution is 6.09. The summed E-state index contributed by atoms with van der Waals surface area (Å²) < 4.78 is 5.77. The van der Waals surface area contributed by atoms with Crippen molar-refractivity contribution in [1.82, 2.24) is 20.4 Å². The molecule has 2 N–H and O–H groups in total. The van der Waals surface area contributed by atoms with Crippen molar-refractivity contribution in [2.75, 3.05) is 39.3 Å². The Morgan fingerprint density at radius 2 is 1.97 bits per heavy atom. The molecule has 2 aliphatic heterocycles. The van der Waals surface area contributed by atoms with Crippen molar-refractivity contribution in [3.8, 4) is 0 Å². The molecule has 0 bridgehead atoms. The van der Waals surface area contributed by atoms with Crippen LogP contribution in [0.4, 0.5) is 4.79 Å². The number of carbonyl (C=O) groups excluding carboxylic acids is 3. The van der Waals surface area contributed by atoms with E-state index in [1.54, 1.807) is 0 Å². The van der Waals surface area contributed by atoms with Gasteiger partial charge < -0.3 is 15.4 Å². The topological polar surface area (TPSA) is 91.0 Å². The SMILES string of the molecule is CCC(C)(C)C1CCC2(CC1)NC(=O)N(CC(=O)NCC1CN(CC(C)C)CCO1)C2=O. The summed E-state index contributed by atoms with van der Waals surface area (Å²) in [5.74, 6) is 0.558. The Morgan fingerprint density at radius 3 is 2.59 bits per heavy atom. The van der Waals surface area contributed by atoms with Gasteiger partial charge in [-0.1, -0.05) is 41.0 Å². The fourth-order valence-electron chi connectivity index (χ4n) is 5.35. The van der Waals surface area contributed by atoms with Crippen LogP contribution < -0.4 is 10.6 Å². The van der Waals surface area contributed by atoms with Crippen LogP contribution in [0.15, 0.2) is 0 Å². The third-order valence-electron chi connectivity index (χ3n) is 7.78. The molecule has 8 nitrogen and oxygen atoms in total. The minimum absolute atomic E-state index is 0.0712. The number of rotatable bonds is 8. The minimum atomic E-state index is -0.832. The van der Waals surface area contributed by atoms with Gasteiger partial charge in [-0.3, -0.25) is 19.4 Å². The fourth-order valence-corrected chi connectivity index (χ4v) is 5.35. The molecule has 2 saturated heterocycles. The second-order valence-corrected chi connectivity index (χ2v) is 11.0. The van der Waals surface area contributed by atoms with Crippen LogP contribution in [-0.2, 0) is 14.3 Å². The Bertz CT molecular complexity index is 700. The van der Waals surface area contributed by atoms with E-state index in [-0.39, 0.29) is 29.9 Å². The maximum atomic E-state index is 13.1. The summed E-state index contributed by atoms with van der Waals surface area (Å²) >= 11 is 0. The molecular formula is C24H42N4O4. The zero-order chi connectivity index (χ0) is 23.5. The van der Waals surface area contributed by atoms with Gasteiger partial charge in [0.1, 0.15) is 12.1 Å². The molecule has 3 aliphatic rings. The molecule has 0 radical (unpaired) electrons. The third kappa shape index (κ3) is 5.63. The summed E-state index contributed by atoms with van der Waals surface area (Å²) in [7, 11) is 0. The fraction of sp³-hybridized carbons (Fsp3) is 0.875. The van der Waals surface area contributed by atoms with Crippen molar-refractivity contribution in [3.05, 3.63) is 0 Å². The Morgan fingerprint density at radius 1 is 1.28 bits per heavy atom. The third-order valence-corrected chi connectivity index (χ3v) is 7.78. The quantitative estimate of drug-likeness (QED) is 0.554. The van der Waals surface area contributed by atoms with Crippen LogP contribution in [0.25, 0.3) is 0 Å². The average molecular weight is 451 g/mol. The predicted molar refractivity (Wildman–Crippen MR) is 123 cm³/mol. The minimum Gasteiger partial charge on any atom is -0.374 e. The molecule has 1 unspecified atom stereocenters. The number of nitrogens with one attached hydrogen (secondary N) is 2. The maximum absolute atomic E-state index is 13.1. The normalized spacial score (nSPS) is 29.6. The van der Waals surface area contributed by atoms with Crippen LogP contribution in [0, 0.1) is 17.3 Å². The molecule has 1 aliphatic carbocycles. The van der Waals surface area contributed by atoms with E-state index in [1.165, 1.54) is 0 Å². The second kappa shape index (κ2) is 10.1. The molecule has 1 atom stereocenters. The van der Waals surface area contributed by atoms with Crippen LogP contribution in [0.2, 0.25) is 0 Å². The molecule has 0 aromatic rings. The van der Waals surface area contributed by atoms with Gasteiger partial charge in [0.05, 0.1) is 12.7 Å². The zero-order valence-electron chi connectivity index (χ0n) is 20.5. The Labute approximate surface area is 192 Å². The van der Waals surface area contributed by atoms with Crippen LogP contribution in [-0.4, -0.2) is 78.6 Å². The molecule has 182 valence electrons. The zero-order valence-corrected chi connectivity index (χ0v) is 20.5. The van der Waals surface area contributed by atoms with E-state index in [4.69, 9.17) is 4.74 Å². The maximum Gasteiger partial charge on any atom is 0.325 e. The predicted octanol–water partition coefficient (Wildman–Crippen LogP) is 2.38. The Hall–Kier alpha value is -1.67. The molecule has 3 rings (SSSR count). The van der Waals surface area contributed by atoms with Crippen LogP contribution in [0.3, 0.4) is 0 Å². The van der Waals surface area contributed by atoms with Gasteiger partial charge >= 0.3 is 6.03 Å². The smallest absolute Gasteiger partial charge is 0.325 e. The van der Waals surface area contributed by atoms with E-state index in [2.05, 4.69) is 50.2 Å². The summed E-state index contributed by atoms with van der Waals surface area (Å²) in [6.07, 6.45) is 4.14. The summed E-state index contributed by atoms with van der Waals surface area (Å²) in [6.45, 7) is 14.6. The highest BCUT2D eigenvalue weighted by atomic mass is 16.5. The highest BCUT2D eigenvalue weighted by Crippen LogP contribution is 2.45. The number of carbonyl (C=O) groups is 3. The van der Waals surface area contributed by atoms with Crippen molar-refractivity contribution in [2.45, 2.75) is 78.4 Å². The van der Waals surface area contributed by atoms with E-state index in [1.807, 2.05) is 0 Å². The molecule has 4 amide bonds. The molecule has 1 spiro atoms. The van der Waals surface area contributed by atoms with Crippen molar-refractivity contribution < 1.29 is 19.1 Å². The average Bonchev–Trinajstić information content (AvgIpc) is 2.96. The summed E-state index contributed by atoms with van der Waals surface area (Å²) in [5.41, 5.74) is -0.597. The number of urea groups is 1. The number of ether oxygens (including phenoxy) is 1. The lowest BCUT2D eigenvalue weighted by Gasteiger charge is -2.42. The van der Waals surface area contributed by atoms with Crippen LogP contribution in [0.1, 0.15) is 66.7 Å². The first-order valence-corrected chi connectivity index (χ1v) is 12.3. The Kier molecular flexibility index (Phi) is 7.86. The molecule has 8 heteroatoms. The molecular weight excluding hydrogens is 408 g/mol. The van der Waals surface area contributed by atoms with E-state index in [9.17, 15) is 14.4 Å². The first kappa shape index (κ1) is 25.0. The van der Waals surface area contributed by atoms with E-state index in [0.29, 0.717) is 37.8 Å². The first-order valence-electron chi connectivity index (χ1n) is 12.3. The summed E-state index contributed by atoms with van der Waals surface area (Å²) in [4.78, 5) is 41.7. The lowest BCUT2D eigenvalue weighted by molar-refractivity contribution is -0.136. The van der Waals surface area contributed by atoms with E-state index < -0.39 is 11.6 Å². The molecule has 0 aromatic carbocycles. The van der Waals surface area contributed by atoms with Crippen LogP contribution >= 0.6 is 0 Å². The van der Waals surface area contributed by atoms with Gasteiger partial charge in [-0.05, 0) is 42.9 Å². The van der Waals surface area contributed by atoms with Gasteiger partial charge in [0.15, 0.2) is 0 Å². The Balaban J connectivity index is 1.49. The van der Waals surface area contributed by atoms with Gasteiger partial charge in [0, 0.05) is 26.2 Å². The van der Waals surface area contributed by atoms with Crippen molar-refractivity contribution >= 4 is 17.8 Å². The number of morpholine rings is 1. The monoisotopic (exact) mass is 450 g/mol. The largest absolute Gasteiger partial charge is 0.374 e. The van der Waals surface area contributed by atoms with Crippen molar-refractivity contribution in [2.24, 2.45) is 17.3 Å². The van der Waals surface area contributed by atoms with Gasteiger partial charge in [-0.25, -0.2) is 4.79 Å².